The maximum Gasteiger partial charge on any atom is 0.338 e. The lowest BCUT2D eigenvalue weighted by molar-refractivity contribution is -0.386. The first-order valence-corrected chi connectivity index (χ1v) is 17.2. The summed E-state index contributed by atoms with van der Waals surface area (Å²) in [6.45, 7) is 7.47. The van der Waals surface area contributed by atoms with E-state index >= 15 is 0 Å². The van der Waals surface area contributed by atoms with Crippen LogP contribution in [0, 0.1) is 10.1 Å². The first kappa shape index (κ1) is 33.8. The van der Waals surface area contributed by atoms with E-state index in [1.54, 1.807) is 32.1 Å². The van der Waals surface area contributed by atoms with Crippen LogP contribution < -0.4 is 24.4 Å². The molecular weight excluding hydrogens is 710 g/mol. The fourth-order valence-electron chi connectivity index (χ4n) is 5.83. The largest absolute Gasteiger partial charge is 0.491 e. The number of hydrogen-bond donors (Lipinski definition) is 0. The Morgan fingerprint density at radius 3 is 2.59 bits per heavy atom. The Kier molecular flexibility index (Phi) is 9.79. The molecule has 0 saturated carbocycles. The second kappa shape index (κ2) is 14.2. The molecule has 6 rings (SSSR count). The number of thiazole rings is 1. The van der Waals surface area contributed by atoms with Gasteiger partial charge >= 0.3 is 11.7 Å². The van der Waals surface area contributed by atoms with Gasteiger partial charge in [0.1, 0.15) is 18.4 Å². The highest BCUT2D eigenvalue weighted by molar-refractivity contribution is 9.10. The van der Waals surface area contributed by atoms with Gasteiger partial charge in [-0.05, 0) is 83.7 Å². The summed E-state index contributed by atoms with van der Waals surface area (Å²) in [7, 11) is 0. The number of nitro groups is 1. The average molecular weight is 743 g/mol. The molecular formula is C37H32BrN3O7S. The highest BCUT2D eigenvalue weighted by Gasteiger charge is 2.35. The molecule has 250 valence electrons. The fraction of sp³-hybridized carbons (Fsp3) is 0.216. The van der Waals surface area contributed by atoms with Crippen molar-refractivity contribution in [2.24, 2.45) is 4.99 Å². The third-order valence-corrected chi connectivity index (χ3v) is 9.46. The van der Waals surface area contributed by atoms with Gasteiger partial charge in [-0.15, -0.1) is 0 Å². The van der Waals surface area contributed by atoms with Crippen LogP contribution in [0.15, 0.2) is 104 Å². The number of rotatable bonds is 10. The summed E-state index contributed by atoms with van der Waals surface area (Å²) in [5.74, 6) is 0.0150. The summed E-state index contributed by atoms with van der Waals surface area (Å²) in [6, 6.07) is 23.1. The third-order valence-electron chi connectivity index (χ3n) is 7.89. The number of carbonyl (C=O) groups is 1. The van der Waals surface area contributed by atoms with Crippen LogP contribution in [0.5, 0.6) is 11.5 Å². The molecule has 10 nitrogen and oxygen atoms in total. The molecule has 4 aromatic carbocycles. The second-order valence-corrected chi connectivity index (χ2v) is 13.4. The minimum atomic E-state index is -0.877. The van der Waals surface area contributed by atoms with Crippen molar-refractivity contribution in [1.82, 2.24) is 4.57 Å². The third kappa shape index (κ3) is 6.79. The number of carbonyl (C=O) groups excluding carboxylic acids is 1. The smallest absolute Gasteiger partial charge is 0.338 e. The summed E-state index contributed by atoms with van der Waals surface area (Å²) in [4.78, 5) is 44.3. The molecule has 12 heteroatoms. The van der Waals surface area contributed by atoms with Crippen LogP contribution in [-0.2, 0) is 16.1 Å². The second-order valence-electron chi connectivity index (χ2n) is 11.5. The Labute approximate surface area is 293 Å². The van der Waals surface area contributed by atoms with Gasteiger partial charge < -0.3 is 14.2 Å². The van der Waals surface area contributed by atoms with E-state index in [4.69, 9.17) is 14.2 Å². The Balaban J connectivity index is 1.44. The number of para-hydroxylation sites is 1. The first-order valence-electron chi connectivity index (χ1n) is 15.6. The van der Waals surface area contributed by atoms with E-state index in [0.717, 1.165) is 27.7 Å². The highest BCUT2D eigenvalue weighted by atomic mass is 79.9. The molecule has 0 saturated heterocycles. The SMILES string of the molecule is CCOC(=O)C1=C(C)N=c2s/c(=C\c3cc(Br)c(OCc4cccc5ccccc45)c([N+](=O)[O-])c3)c(=O)n2[C@H]1c1ccccc1OC(C)C. The van der Waals surface area contributed by atoms with Gasteiger partial charge in [0, 0.05) is 11.6 Å². The molecule has 0 bridgehead atoms. The minimum absolute atomic E-state index is 0.0769. The van der Waals surface area contributed by atoms with Gasteiger partial charge in [0.25, 0.3) is 5.56 Å². The number of aromatic nitrogens is 1. The van der Waals surface area contributed by atoms with Crippen molar-refractivity contribution in [3.63, 3.8) is 0 Å². The van der Waals surface area contributed by atoms with Crippen molar-refractivity contribution in [3.8, 4) is 11.5 Å². The first-order chi connectivity index (χ1) is 23.6. The molecule has 0 N–H and O–H groups in total. The average Bonchev–Trinajstić information content (AvgIpc) is 3.37. The van der Waals surface area contributed by atoms with Crippen molar-refractivity contribution in [1.29, 1.82) is 0 Å². The maximum atomic E-state index is 14.2. The number of hydrogen-bond acceptors (Lipinski definition) is 9. The number of esters is 1. The zero-order chi connectivity index (χ0) is 34.8. The summed E-state index contributed by atoms with van der Waals surface area (Å²) >= 11 is 4.60. The molecule has 1 aliphatic rings. The zero-order valence-corrected chi connectivity index (χ0v) is 29.5. The summed E-state index contributed by atoms with van der Waals surface area (Å²) in [6.07, 6.45) is 1.41. The van der Waals surface area contributed by atoms with Crippen LogP contribution in [0.2, 0.25) is 0 Å². The lowest BCUT2D eigenvalue weighted by Gasteiger charge is -2.26. The number of allylic oxidation sites excluding steroid dienone is 1. The van der Waals surface area contributed by atoms with Gasteiger partial charge in [-0.25, -0.2) is 9.79 Å². The number of benzene rings is 4. The van der Waals surface area contributed by atoms with Crippen LogP contribution in [-0.4, -0.2) is 28.2 Å². The number of fused-ring (bicyclic) bond motifs is 2. The number of nitrogens with zero attached hydrogens (tertiary/aromatic N) is 3. The Hall–Kier alpha value is -5.07. The molecule has 0 radical (unpaired) electrons. The van der Waals surface area contributed by atoms with Crippen molar-refractivity contribution in [2.75, 3.05) is 6.61 Å². The van der Waals surface area contributed by atoms with E-state index in [1.165, 1.54) is 10.6 Å². The number of ether oxygens (including phenoxy) is 3. The van der Waals surface area contributed by atoms with Crippen molar-refractivity contribution >= 4 is 55.8 Å². The van der Waals surface area contributed by atoms with Gasteiger partial charge in [-0.1, -0.05) is 72.0 Å². The predicted molar refractivity (Wildman–Crippen MR) is 192 cm³/mol. The summed E-state index contributed by atoms with van der Waals surface area (Å²) < 4.78 is 19.7. The van der Waals surface area contributed by atoms with Crippen LogP contribution in [0.3, 0.4) is 0 Å². The molecule has 0 unspecified atom stereocenters. The van der Waals surface area contributed by atoms with Crippen molar-refractivity contribution in [2.45, 2.75) is 46.4 Å². The van der Waals surface area contributed by atoms with Crippen LogP contribution in [0.25, 0.3) is 16.8 Å². The van der Waals surface area contributed by atoms with Crippen molar-refractivity contribution < 1.29 is 23.9 Å². The number of halogens is 1. The molecule has 2 heterocycles. The Morgan fingerprint density at radius 2 is 1.84 bits per heavy atom. The maximum absolute atomic E-state index is 14.2. The van der Waals surface area contributed by atoms with Gasteiger partial charge in [-0.2, -0.15) is 0 Å². The molecule has 0 amide bonds. The molecule has 1 aromatic heterocycles. The van der Waals surface area contributed by atoms with Crippen LogP contribution in [0.1, 0.15) is 50.4 Å². The molecule has 0 aliphatic carbocycles. The summed E-state index contributed by atoms with van der Waals surface area (Å²) in [5, 5.41) is 14.3. The van der Waals surface area contributed by atoms with E-state index in [-0.39, 0.29) is 40.9 Å². The van der Waals surface area contributed by atoms with Gasteiger partial charge in [-0.3, -0.25) is 19.5 Å². The van der Waals surface area contributed by atoms with E-state index in [0.29, 0.717) is 31.8 Å². The van der Waals surface area contributed by atoms with Gasteiger partial charge in [0.05, 0.1) is 37.9 Å². The normalized spacial score (nSPS) is 14.5. The fourth-order valence-corrected chi connectivity index (χ4v) is 7.46. The Morgan fingerprint density at radius 1 is 1.10 bits per heavy atom. The quantitative estimate of drug-likeness (QED) is 0.0859. The lowest BCUT2D eigenvalue weighted by Crippen LogP contribution is -2.40. The molecule has 0 fully saturated rings. The number of nitro benzene ring substituents is 1. The monoisotopic (exact) mass is 741 g/mol. The molecule has 5 aromatic rings. The van der Waals surface area contributed by atoms with Crippen molar-refractivity contribution in [3.05, 3.63) is 141 Å². The van der Waals surface area contributed by atoms with E-state index in [2.05, 4.69) is 20.9 Å². The standard InChI is InChI=1S/C37H32BrN3O7S/c1-5-46-36(43)32-22(4)39-37-40(33(32)27-15-8-9-16-30(27)48-21(2)3)35(42)31(49-37)19-23-17-28(38)34(29(18-23)41(44)45)47-20-25-13-10-12-24-11-6-7-14-26(24)25/h6-19,21,33H,5,20H2,1-4H3/b31-19-/t33-/m0/s1. The highest BCUT2D eigenvalue weighted by Crippen LogP contribution is 2.38. The van der Waals surface area contributed by atoms with E-state index in [9.17, 15) is 19.7 Å². The van der Waals surface area contributed by atoms with Crippen LogP contribution >= 0.6 is 27.3 Å². The van der Waals surface area contributed by atoms with E-state index in [1.807, 2.05) is 74.5 Å². The lowest BCUT2D eigenvalue weighted by atomic mass is 9.95. The molecule has 0 spiro atoms. The van der Waals surface area contributed by atoms with E-state index < -0.39 is 22.5 Å². The van der Waals surface area contributed by atoms with Gasteiger partial charge in [0.15, 0.2) is 4.80 Å². The topological polar surface area (TPSA) is 122 Å². The van der Waals surface area contributed by atoms with Gasteiger partial charge in [0.2, 0.25) is 5.75 Å². The Bertz CT molecular complexity index is 2320. The zero-order valence-electron chi connectivity index (χ0n) is 27.1. The summed E-state index contributed by atoms with van der Waals surface area (Å²) in [5.41, 5.74) is 1.87. The van der Waals surface area contributed by atoms with Crippen LogP contribution in [0.4, 0.5) is 5.69 Å². The molecule has 1 aliphatic heterocycles. The molecule has 1 atom stereocenters. The molecule has 49 heavy (non-hydrogen) atoms. The minimum Gasteiger partial charge on any atom is -0.491 e. The predicted octanol–water partition coefficient (Wildman–Crippen LogP) is 6.99.